The fourth-order valence-corrected chi connectivity index (χ4v) is 1.74. The fourth-order valence-electron chi connectivity index (χ4n) is 1.74. The van der Waals surface area contributed by atoms with Gasteiger partial charge in [-0.1, -0.05) is 31.2 Å². The first-order valence-electron chi connectivity index (χ1n) is 5.73. The van der Waals surface area contributed by atoms with E-state index >= 15 is 0 Å². The van der Waals surface area contributed by atoms with E-state index in [1.165, 1.54) is 16.3 Å². The molecular formula is C14H13N3O. The molecule has 2 aromatic rings. The van der Waals surface area contributed by atoms with E-state index in [1.807, 2.05) is 30.3 Å². The number of nitriles is 1. The van der Waals surface area contributed by atoms with Crippen LogP contribution in [0.15, 0.2) is 35.1 Å². The predicted molar refractivity (Wildman–Crippen MR) is 69.0 cm³/mol. The second-order valence-corrected chi connectivity index (χ2v) is 4.03. The second-order valence-electron chi connectivity index (χ2n) is 4.03. The average molecular weight is 239 g/mol. The Kier molecular flexibility index (Phi) is 3.24. The van der Waals surface area contributed by atoms with Gasteiger partial charge in [0.05, 0.1) is 5.56 Å². The Balaban J connectivity index is 2.59. The number of hydrogen-bond acceptors (Lipinski definition) is 3. The molecule has 2 rings (SSSR count). The zero-order valence-corrected chi connectivity index (χ0v) is 10.3. The summed E-state index contributed by atoms with van der Waals surface area (Å²) in [6.45, 7) is 2.08. The molecule has 0 spiro atoms. The summed E-state index contributed by atoms with van der Waals surface area (Å²) in [5.41, 5.74) is 2.64. The molecule has 4 nitrogen and oxygen atoms in total. The summed E-state index contributed by atoms with van der Waals surface area (Å²) in [4.78, 5) is 11.4. The van der Waals surface area contributed by atoms with Gasteiger partial charge in [-0.15, -0.1) is 0 Å². The zero-order chi connectivity index (χ0) is 13.1. The van der Waals surface area contributed by atoms with Gasteiger partial charge in [0.1, 0.15) is 11.8 Å². The summed E-state index contributed by atoms with van der Waals surface area (Å²) in [6.07, 6.45) is 0.964. The Labute approximate surface area is 105 Å². The van der Waals surface area contributed by atoms with Crippen LogP contribution in [0.2, 0.25) is 0 Å². The minimum absolute atomic E-state index is 0.277. The van der Waals surface area contributed by atoms with Gasteiger partial charge in [0, 0.05) is 18.7 Å². The maximum Gasteiger partial charge on any atom is 0.267 e. The van der Waals surface area contributed by atoms with Gasteiger partial charge < -0.3 is 0 Å². The van der Waals surface area contributed by atoms with Gasteiger partial charge in [-0.25, -0.2) is 4.68 Å². The largest absolute Gasteiger partial charge is 0.268 e. The van der Waals surface area contributed by atoms with Crippen molar-refractivity contribution in [2.45, 2.75) is 13.3 Å². The van der Waals surface area contributed by atoms with Crippen molar-refractivity contribution in [2.24, 2.45) is 7.05 Å². The molecule has 1 aromatic carbocycles. The summed E-state index contributed by atoms with van der Waals surface area (Å²) in [6, 6.07) is 11.2. The summed E-state index contributed by atoms with van der Waals surface area (Å²) in [5.74, 6) is 0. The highest BCUT2D eigenvalue weighted by molar-refractivity contribution is 5.65. The van der Waals surface area contributed by atoms with Gasteiger partial charge in [-0.05, 0) is 12.0 Å². The van der Waals surface area contributed by atoms with Crippen molar-refractivity contribution < 1.29 is 0 Å². The second kappa shape index (κ2) is 4.84. The molecule has 0 saturated carbocycles. The summed E-state index contributed by atoms with van der Waals surface area (Å²) < 4.78 is 1.24. The van der Waals surface area contributed by atoms with Crippen LogP contribution in [0.5, 0.6) is 0 Å². The van der Waals surface area contributed by atoms with E-state index in [4.69, 9.17) is 5.26 Å². The maximum atomic E-state index is 11.4. The van der Waals surface area contributed by atoms with Crippen LogP contribution in [0.25, 0.3) is 11.3 Å². The first kappa shape index (κ1) is 12.1. The van der Waals surface area contributed by atoms with Crippen LogP contribution >= 0.6 is 0 Å². The minimum Gasteiger partial charge on any atom is -0.268 e. The molecular weight excluding hydrogens is 226 g/mol. The van der Waals surface area contributed by atoms with E-state index < -0.39 is 0 Å². The predicted octanol–water partition coefficient (Wildman–Crippen LogP) is 1.88. The summed E-state index contributed by atoms with van der Waals surface area (Å²) in [7, 11) is 1.58. The third-order valence-electron chi connectivity index (χ3n) is 2.85. The van der Waals surface area contributed by atoms with Gasteiger partial charge in [0.15, 0.2) is 0 Å². The lowest BCUT2D eigenvalue weighted by Gasteiger charge is -2.06. The van der Waals surface area contributed by atoms with Crippen LogP contribution in [0.4, 0.5) is 0 Å². The van der Waals surface area contributed by atoms with Gasteiger partial charge in [0.25, 0.3) is 5.56 Å². The smallest absolute Gasteiger partial charge is 0.267 e. The number of hydrogen-bond donors (Lipinski definition) is 0. The molecule has 0 saturated heterocycles. The number of rotatable bonds is 2. The molecule has 0 radical (unpaired) electrons. The molecule has 0 bridgehead atoms. The van der Waals surface area contributed by atoms with Gasteiger partial charge in [0.2, 0.25) is 0 Å². The van der Waals surface area contributed by atoms with E-state index in [-0.39, 0.29) is 5.56 Å². The lowest BCUT2D eigenvalue weighted by molar-refractivity contribution is 0.710. The van der Waals surface area contributed by atoms with Crippen LogP contribution in [0, 0.1) is 11.3 Å². The number of aromatic nitrogens is 2. The highest BCUT2D eigenvalue weighted by Gasteiger charge is 2.09. The molecule has 90 valence electrons. The van der Waals surface area contributed by atoms with E-state index in [9.17, 15) is 4.79 Å². The minimum atomic E-state index is -0.277. The molecule has 0 unspecified atom stereocenters. The van der Waals surface area contributed by atoms with Crippen LogP contribution in [-0.4, -0.2) is 9.78 Å². The van der Waals surface area contributed by atoms with Gasteiger partial charge >= 0.3 is 0 Å². The Hall–Kier alpha value is -2.41. The molecule has 0 atom stereocenters. The van der Waals surface area contributed by atoms with Crippen LogP contribution < -0.4 is 5.56 Å². The van der Waals surface area contributed by atoms with Crippen LogP contribution in [0.1, 0.15) is 18.1 Å². The SMILES string of the molecule is CCc1ccc(-c2nn(C)c(=O)cc2C#N)cc1. The third kappa shape index (κ3) is 2.16. The monoisotopic (exact) mass is 239 g/mol. The maximum absolute atomic E-state index is 11.4. The average Bonchev–Trinajstić information content (AvgIpc) is 2.41. The van der Waals surface area contributed by atoms with Crippen molar-refractivity contribution in [2.75, 3.05) is 0 Å². The van der Waals surface area contributed by atoms with E-state index in [0.717, 1.165) is 12.0 Å². The number of aryl methyl sites for hydroxylation is 2. The summed E-state index contributed by atoms with van der Waals surface area (Å²) in [5, 5.41) is 13.2. The van der Waals surface area contributed by atoms with Crippen molar-refractivity contribution in [3.05, 3.63) is 51.8 Å². The van der Waals surface area contributed by atoms with Crippen LogP contribution in [0.3, 0.4) is 0 Å². The summed E-state index contributed by atoms with van der Waals surface area (Å²) >= 11 is 0. The molecule has 1 aromatic heterocycles. The Bertz CT molecular complexity index is 663. The zero-order valence-electron chi connectivity index (χ0n) is 10.3. The van der Waals surface area contributed by atoms with Crippen molar-refractivity contribution in [1.29, 1.82) is 5.26 Å². The first-order chi connectivity index (χ1) is 8.65. The lowest BCUT2D eigenvalue weighted by Crippen LogP contribution is -2.20. The van der Waals surface area contributed by atoms with E-state index in [1.54, 1.807) is 7.05 Å². The van der Waals surface area contributed by atoms with Crippen molar-refractivity contribution in [3.63, 3.8) is 0 Å². The molecule has 0 N–H and O–H groups in total. The van der Waals surface area contributed by atoms with Gasteiger partial charge in [-0.2, -0.15) is 10.4 Å². The Morgan fingerprint density at radius 2 is 2.00 bits per heavy atom. The molecule has 0 fully saturated rings. The van der Waals surface area contributed by atoms with Crippen molar-refractivity contribution in [1.82, 2.24) is 9.78 Å². The highest BCUT2D eigenvalue weighted by Crippen LogP contribution is 2.20. The quantitative estimate of drug-likeness (QED) is 0.804. The number of nitrogens with zero attached hydrogens (tertiary/aromatic N) is 3. The Morgan fingerprint density at radius 3 is 2.56 bits per heavy atom. The third-order valence-corrected chi connectivity index (χ3v) is 2.85. The molecule has 18 heavy (non-hydrogen) atoms. The standard InChI is InChI=1S/C14H13N3O/c1-3-10-4-6-11(7-5-10)14-12(9-15)8-13(18)17(2)16-14/h4-8H,3H2,1-2H3. The van der Waals surface area contributed by atoms with Crippen LogP contribution in [-0.2, 0) is 13.5 Å². The molecule has 0 aliphatic carbocycles. The van der Waals surface area contributed by atoms with Crippen molar-refractivity contribution >= 4 is 0 Å². The highest BCUT2D eigenvalue weighted by atomic mass is 16.1. The molecule has 0 aliphatic rings. The van der Waals surface area contributed by atoms with E-state index in [2.05, 4.69) is 12.0 Å². The lowest BCUT2D eigenvalue weighted by atomic mass is 10.0. The topological polar surface area (TPSA) is 58.7 Å². The van der Waals surface area contributed by atoms with Crippen molar-refractivity contribution in [3.8, 4) is 17.3 Å². The number of benzene rings is 1. The van der Waals surface area contributed by atoms with E-state index in [0.29, 0.717) is 11.3 Å². The fraction of sp³-hybridized carbons (Fsp3) is 0.214. The first-order valence-corrected chi connectivity index (χ1v) is 5.73. The normalized spacial score (nSPS) is 10.1. The molecule has 0 aliphatic heterocycles. The molecule has 0 amide bonds. The molecule has 1 heterocycles. The van der Waals surface area contributed by atoms with Gasteiger partial charge in [-0.3, -0.25) is 4.79 Å². The Morgan fingerprint density at radius 1 is 1.33 bits per heavy atom. The molecule has 4 heteroatoms.